The normalized spacial score (nSPS) is 12.3. The van der Waals surface area contributed by atoms with Gasteiger partial charge in [-0.05, 0) is 38.5 Å². The minimum absolute atomic E-state index is 0.310. The zero-order chi connectivity index (χ0) is 21.1. The van der Waals surface area contributed by atoms with E-state index in [0.717, 1.165) is 37.7 Å². The molecule has 0 aliphatic carbocycles. The number of ether oxygens (including phenoxy) is 1. The summed E-state index contributed by atoms with van der Waals surface area (Å²) in [5, 5.41) is 8.83. The van der Waals surface area contributed by atoms with E-state index in [0.29, 0.717) is 18.1 Å². The first-order valence-electron chi connectivity index (χ1n) is 10.6. The van der Waals surface area contributed by atoms with Gasteiger partial charge in [-0.2, -0.15) is 0 Å². The lowest BCUT2D eigenvalue weighted by molar-refractivity contribution is -0.139. The van der Waals surface area contributed by atoms with Crippen molar-refractivity contribution in [2.24, 2.45) is 5.92 Å². The molecule has 4 nitrogen and oxygen atoms in total. The monoisotopic (exact) mass is 382 g/mol. The number of carbonyl (C=O) groups is 2. The average Bonchev–Trinajstić information content (AvgIpc) is 2.68. The number of hydrogen-bond donors (Lipinski definition) is 1. The van der Waals surface area contributed by atoms with Crippen LogP contribution in [-0.2, 0) is 14.3 Å². The van der Waals surface area contributed by atoms with Crippen molar-refractivity contribution in [1.82, 2.24) is 0 Å². The van der Waals surface area contributed by atoms with E-state index < -0.39 is 5.97 Å². The predicted molar refractivity (Wildman–Crippen MR) is 114 cm³/mol. The summed E-state index contributed by atoms with van der Waals surface area (Å²) < 4.78 is 4.98. The van der Waals surface area contributed by atoms with Crippen LogP contribution in [0.2, 0.25) is 0 Å². The molecule has 0 fully saturated rings. The van der Waals surface area contributed by atoms with E-state index in [1.807, 2.05) is 6.92 Å². The molecular weight excluding hydrogens is 340 g/mol. The van der Waals surface area contributed by atoms with Gasteiger partial charge in [0.1, 0.15) is 0 Å². The highest BCUT2D eigenvalue weighted by atomic mass is 16.5. The summed E-state index contributed by atoms with van der Waals surface area (Å²) in [6.07, 6.45) is 12.5. The third-order valence-corrected chi connectivity index (χ3v) is 4.78. The summed E-state index contributed by atoms with van der Waals surface area (Å²) in [6.45, 7) is 14.1. The number of unbranched alkanes of at least 4 members (excludes halogenated alkanes) is 4. The Hall–Kier alpha value is -1.58. The fourth-order valence-electron chi connectivity index (χ4n) is 2.70. The van der Waals surface area contributed by atoms with Crippen LogP contribution in [-0.4, -0.2) is 23.7 Å². The number of esters is 1. The molecule has 0 heterocycles. The second-order valence-electron chi connectivity index (χ2n) is 6.95. The van der Waals surface area contributed by atoms with Crippen molar-refractivity contribution in [2.75, 3.05) is 6.61 Å². The van der Waals surface area contributed by atoms with Crippen molar-refractivity contribution in [2.45, 2.75) is 98.8 Å². The van der Waals surface area contributed by atoms with Crippen molar-refractivity contribution >= 4 is 11.9 Å². The van der Waals surface area contributed by atoms with Gasteiger partial charge in [0.2, 0.25) is 0 Å². The lowest BCUT2D eigenvalue weighted by Gasteiger charge is -2.13. The Kier molecular flexibility index (Phi) is 19.6. The molecule has 0 rings (SSSR count). The molecule has 1 N–H and O–H groups in total. The van der Waals surface area contributed by atoms with Crippen molar-refractivity contribution in [1.29, 1.82) is 0 Å². The molecule has 0 aliphatic rings. The van der Waals surface area contributed by atoms with Crippen LogP contribution in [0.25, 0.3) is 0 Å². The first-order valence-corrected chi connectivity index (χ1v) is 10.6. The largest absolute Gasteiger partial charge is 0.478 e. The molecule has 0 aromatic heterocycles. The number of carbonyl (C=O) groups excluding carboxylic acids is 1. The molecule has 0 aliphatic heterocycles. The fourth-order valence-corrected chi connectivity index (χ4v) is 2.70. The van der Waals surface area contributed by atoms with E-state index in [4.69, 9.17) is 9.84 Å². The van der Waals surface area contributed by atoms with Gasteiger partial charge in [-0.3, -0.25) is 0 Å². The van der Waals surface area contributed by atoms with Crippen molar-refractivity contribution < 1.29 is 19.4 Å². The van der Waals surface area contributed by atoms with E-state index in [-0.39, 0.29) is 5.97 Å². The standard InChI is InChI=1S/C12H22O2.C11H20O2/c1-4-6-7-8-9-11(5-2)10(3)12(13)14;1-4-7-8-10(5-2)9-13-11(12)6-3/h4-9H2,1-3H3,(H,13,14);6,10H,3-5,7-9H2,1-2H3. The van der Waals surface area contributed by atoms with Crippen LogP contribution in [0.4, 0.5) is 0 Å². The Morgan fingerprint density at radius 2 is 1.67 bits per heavy atom. The van der Waals surface area contributed by atoms with E-state index in [2.05, 4.69) is 27.4 Å². The summed E-state index contributed by atoms with van der Waals surface area (Å²) in [7, 11) is 0. The molecule has 27 heavy (non-hydrogen) atoms. The number of rotatable bonds is 14. The van der Waals surface area contributed by atoms with Crippen LogP contribution in [0.3, 0.4) is 0 Å². The van der Waals surface area contributed by atoms with Gasteiger partial charge in [0.05, 0.1) is 6.61 Å². The summed E-state index contributed by atoms with van der Waals surface area (Å²) in [4.78, 5) is 21.5. The lowest BCUT2D eigenvalue weighted by atomic mass is 10.00. The molecule has 1 atom stereocenters. The Bertz CT molecular complexity index is 438. The van der Waals surface area contributed by atoms with Crippen LogP contribution >= 0.6 is 0 Å². The van der Waals surface area contributed by atoms with E-state index in [1.165, 1.54) is 38.2 Å². The van der Waals surface area contributed by atoms with Crippen LogP contribution < -0.4 is 0 Å². The number of carboxylic acid groups (broad SMARTS) is 1. The number of hydrogen-bond acceptors (Lipinski definition) is 3. The molecule has 4 heteroatoms. The average molecular weight is 383 g/mol. The predicted octanol–water partition coefficient (Wildman–Crippen LogP) is 6.70. The molecule has 158 valence electrons. The quantitative estimate of drug-likeness (QED) is 0.206. The first-order chi connectivity index (χ1) is 12.9. The van der Waals surface area contributed by atoms with E-state index >= 15 is 0 Å². The summed E-state index contributed by atoms with van der Waals surface area (Å²) in [5.41, 5.74) is 1.65. The molecule has 0 saturated heterocycles. The summed E-state index contributed by atoms with van der Waals surface area (Å²) in [6, 6.07) is 0. The molecule has 0 aromatic carbocycles. The maximum absolute atomic E-state index is 10.8. The third-order valence-electron chi connectivity index (χ3n) is 4.78. The number of allylic oxidation sites excluding steroid dienone is 1. The Morgan fingerprint density at radius 1 is 1.04 bits per heavy atom. The maximum Gasteiger partial charge on any atom is 0.331 e. The summed E-state index contributed by atoms with van der Waals surface area (Å²) in [5.74, 6) is -0.559. The smallest absolute Gasteiger partial charge is 0.331 e. The lowest BCUT2D eigenvalue weighted by Crippen LogP contribution is -2.12. The van der Waals surface area contributed by atoms with Gasteiger partial charge in [-0.25, -0.2) is 9.59 Å². The van der Waals surface area contributed by atoms with Gasteiger partial charge >= 0.3 is 11.9 Å². The van der Waals surface area contributed by atoms with Gasteiger partial charge < -0.3 is 9.84 Å². The number of aliphatic carboxylic acids is 1. The highest BCUT2D eigenvalue weighted by molar-refractivity contribution is 5.86. The van der Waals surface area contributed by atoms with Crippen molar-refractivity contribution in [3.8, 4) is 0 Å². The zero-order valence-corrected chi connectivity index (χ0v) is 18.3. The van der Waals surface area contributed by atoms with Crippen molar-refractivity contribution in [3.63, 3.8) is 0 Å². The van der Waals surface area contributed by atoms with Crippen LogP contribution in [0.15, 0.2) is 23.8 Å². The van der Waals surface area contributed by atoms with E-state index in [9.17, 15) is 9.59 Å². The van der Waals surface area contributed by atoms with E-state index in [1.54, 1.807) is 6.92 Å². The highest BCUT2D eigenvalue weighted by Gasteiger charge is 2.08. The van der Waals surface area contributed by atoms with Crippen LogP contribution in [0, 0.1) is 5.92 Å². The van der Waals surface area contributed by atoms with Gasteiger partial charge in [-0.1, -0.05) is 78.4 Å². The van der Waals surface area contributed by atoms with Gasteiger partial charge in [-0.15, -0.1) is 0 Å². The van der Waals surface area contributed by atoms with Gasteiger partial charge in [0, 0.05) is 11.6 Å². The third kappa shape index (κ3) is 16.3. The van der Waals surface area contributed by atoms with Gasteiger partial charge in [0.25, 0.3) is 0 Å². The van der Waals surface area contributed by atoms with Crippen LogP contribution in [0.1, 0.15) is 98.8 Å². The Balaban J connectivity index is 0. The molecule has 0 aromatic rings. The highest BCUT2D eigenvalue weighted by Crippen LogP contribution is 2.17. The molecule has 1 unspecified atom stereocenters. The summed E-state index contributed by atoms with van der Waals surface area (Å²) >= 11 is 0. The second kappa shape index (κ2) is 19.2. The molecule has 0 bridgehead atoms. The second-order valence-corrected chi connectivity index (χ2v) is 6.95. The first kappa shape index (κ1) is 27.6. The van der Waals surface area contributed by atoms with Crippen LogP contribution in [0.5, 0.6) is 0 Å². The van der Waals surface area contributed by atoms with Gasteiger partial charge in [0.15, 0.2) is 0 Å². The maximum atomic E-state index is 10.8. The molecule has 0 radical (unpaired) electrons. The molecule has 0 amide bonds. The zero-order valence-electron chi connectivity index (χ0n) is 18.3. The molecule has 0 spiro atoms. The molecule has 0 saturated carbocycles. The Morgan fingerprint density at radius 3 is 2.11 bits per heavy atom. The SMILES string of the molecule is C=CC(=O)OCC(CC)CCCC.CCCCCCC(CC)=C(C)C(=O)O. The number of carboxylic acids is 1. The Labute approximate surface area is 167 Å². The minimum atomic E-state index is -0.766. The fraction of sp³-hybridized carbons (Fsp3) is 0.739. The molecular formula is C23H42O4. The van der Waals surface area contributed by atoms with Crippen molar-refractivity contribution in [3.05, 3.63) is 23.8 Å². The topological polar surface area (TPSA) is 63.6 Å². The minimum Gasteiger partial charge on any atom is -0.478 e.